The number of rotatable bonds is 2. The lowest BCUT2D eigenvalue weighted by molar-refractivity contribution is 0.102. The predicted octanol–water partition coefficient (Wildman–Crippen LogP) is 2.27. The minimum absolute atomic E-state index is 0.00329. The van der Waals surface area contributed by atoms with Crippen LogP contribution in [-0.4, -0.2) is 16.6 Å². The fourth-order valence-electron chi connectivity index (χ4n) is 0.618. The van der Waals surface area contributed by atoms with E-state index in [4.69, 9.17) is 11.6 Å². The van der Waals surface area contributed by atoms with Gasteiger partial charge in [-0.25, -0.2) is 4.98 Å². The molecule has 0 N–H and O–H groups in total. The first-order chi connectivity index (χ1) is 5.24. The Morgan fingerprint density at radius 1 is 1.64 bits per heavy atom. The van der Waals surface area contributed by atoms with E-state index in [1.54, 1.807) is 12.1 Å². The van der Waals surface area contributed by atoms with E-state index < -0.39 is 0 Å². The Kier molecular flexibility index (Phi) is 3.02. The highest BCUT2D eigenvalue weighted by Gasteiger charge is 2.02. The molecule has 0 saturated carbocycles. The van der Waals surface area contributed by atoms with Crippen molar-refractivity contribution in [2.45, 2.75) is 0 Å². The molecule has 0 saturated heterocycles. The molecule has 0 aliphatic heterocycles. The molecule has 4 heteroatoms. The van der Waals surface area contributed by atoms with Gasteiger partial charge in [-0.1, -0.05) is 0 Å². The van der Waals surface area contributed by atoms with Crippen molar-refractivity contribution in [3.63, 3.8) is 0 Å². The van der Waals surface area contributed by atoms with Gasteiger partial charge < -0.3 is 0 Å². The molecule has 0 radical (unpaired) electrons. The van der Waals surface area contributed by atoms with Crippen LogP contribution in [0.3, 0.4) is 0 Å². The van der Waals surface area contributed by atoms with E-state index in [-0.39, 0.29) is 11.7 Å². The van der Waals surface area contributed by atoms with Gasteiger partial charge in [-0.2, -0.15) is 0 Å². The van der Waals surface area contributed by atoms with Crippen molar-refractivity contribution in [3.05, 3.63) is 28.5 Å². The third-order valence-corrected chi connectivity index (χ3v) is 1.88. The lowest BCUT2D eigenvalue weighted by Crippen LogP contribution is -2.00. The van der Waals surface area contributed by atoms with Gasteiger partial charge in [0.15, 0.2) is 5.78 Å². The van der Waals surface area contributed by atoms with Gasteiger partial charge in [-0.05, 0) is 28.1 Å². The topological polar surface area (TPSA) is 30.0 Å². The summed E-state index contributed by atoms with van der Waals surface area (Å²) in [6.45, 7) is 0. The van der Waals surface area contributed by atoms with Crippen molar-refractivity contribution in [2.24, 2.45) is 0 Å². The first-order valence-corrected chi connectivity index (χ1v) is 4.27. The fourth-order valence-corrected chi connectivity index (χ4v) is 1.01. The summed E-state index contributed by atoms with van der Waals surface area (Å²) in [5, 5.41) is 0. The number of hydrogen-bond acceptors (Lipinski definition) is 2. The molecule has 11 heavy (non-hydrogen) atoms. The Labute approximate surface area is 77.7 Å². The molecule has 1 aromatic rings. The maximum Gasteiger partial charge on any atom is 0.179 e. The standard InChI is InChI=1S/C7H5BrClNO/c8-7-2-1-5(4-10-7)6(11)3-9/h1-2,4H,3H2. The van der Waals surface area contributed by atoms with Gasteiger partial charge >= 0.3 is 0 Å². The van der Waals surface area contributed by atoms with Crippen LogP contribution in [0.1, 0.15) is 10.4 Å². The molecular weight excluding hydrogens is 229 g/mol. The molecule has 1 rings (SSSR count). The smallest absolute Gasteiger partial charge is 0.179 e. The molecule has 1 aromatic heterocycles. The van der Waals surface area contributed by atoms with E-state index >= 15 is 0 Å². The van der Waals surface area contributed by atoms with Crippen LogP contribution in [0.5, 0.6) is 0 Å². The summed E-state index contributed by atoms with van der Waals surface area (Å²) in [6.07, 6.45) is 1.49. The minimum Gasteiger partial charge on any atom is -0.293 e. The SMILES string of the molecule is O=C(CCl)c1ccc(Br)nc1. The number of aromatic nitrogens is 1. The molecule has 0 fully saturated rings. The quantitative estimate of drug-likeness (QED) is 0.446. The van der Waals surface area contributed by atoms with E-state index in [2.05, 4.69) is 20.9 Å². The van der Waals surface area contributed by atoms with Gasteiger partial charge in [-0.3, -0.25) is 4.79 Å². The van der Waals surface area contributed by atoms with Crippen LogP contribution in [0, 0.1) is 0 Å². The Bertz CT molecular complexity index is 260. The number of carbonyl (C=O) groups is 1. The van der Waals surface area contributed by atoms with Gasteiger partial charge in [0.2, 0.25) is 0 Å². The van der Waals surface area contributed by atoms with Crippen LogP contribution in [0.15, 0.2) is 22.9 Å². The van der Waals surface area contributed by atoms with Crippen molar-refractivity contribution in [1.82, 2.24) is 4.98 Å². The summed E-state index contributed by atoms with van der Waals surface area (Å²) in [4.78, 5) is 14.8. The number of hydrogen-bond donors (Lipinski definition) is 0. The monoisotopic (exact) mass is 233 g/mol. The van der Waals surface area contributed by atoms with E-state index in [9.17, 15) is 4.79 Å². The second kappa shape index (κ2) is 3.83. The number of halogens is 2. The molecule has 1 heterocycles. The van der Waals surface area contributed by atoms with Crippen LogP contribution in [-0.2, 0) is 0 Å². The molecule has 0 spiro atoms. The van der Waals surface area contributed by atoms with E-state index in [1.165, 1.54) is 6.20 Å². The van der Waals surface area contributed by atoms with Crippen LogP contribution >= 0.6 is 27.5 Å². The second-order valence-electron chi connectivity index (χ2n) is 1.93. The first-order valence-electron chi connectivity index (χ1n) is 2.95. The van der Waals surface area contributed by atoms with Crippen molar-refractivity contribution >= 4 is 33.3 Å². The van der Waals surface area contributed by atoms with E-state index in [0.717, 1.165) is 0 Å². The van der Waals surface area contributed by atoms with Crippen LogP contribution < -0.4 is 0 Å². The third kappa shape index (κ3) is 2.27. The van der Waals surface area contributed by atoms with Gasteiger partial charge in [0, 0.05) is 11.8 Å². The second-order valence-corrected chi connectivity index (χ2v) is 3.01. The molecule has 0 unspecified atom stereocenters. The van der Waals surface area contributed by atoms with Gasteiger partial charge in [0.25, 0.3) is 0 Å². The molecule has 0 aliphatic carbocycles. The lowest BCUT2D eigenvalue weighted by Gasteiger charge is -1.94. The summed E-state index contributed by atoms with van der Waals surface area (Å²) < 4.78 is 0.712. The van der Waals surface area contributed by atoms with Crippen molar-refractivity contribution in [2.75, 3.05) is 5.88 Å². The maximum absolute atomic E-state index is 10.9. The highest BCUT2D eigenvalue weighted by molar-refractivity contribution is 9.10. The summed E-state index contributed by atoms with van der Waals surface area (Å²) >= 11 is 8.50. The number of carbonyl (C=O) groups excluding carboxylic acids is 1. The van der Waals surface area contributed by atoms with Gasteiger partial charge in [0.1, 0.15) is 4.60 Å². The molecule has 0 aromatic carbocycles. The zero-order valence-electron chi connectivity index (χ0n) is 5.55. The molecular formula is C7H5BrClNO. The van der Waals surface area contributed by atoms with Crippen LogP contribution in [0.4, 0.5) is 0 Å². The fraction of sp³-hybridized carbons (Fsp3) is 0.143. The molecule has 0 amide bonds. The Morgan fingerprint density at radius 3 is 2.82 bits per heavy atom. The number of alkyl halides is 1. The summed E-state index contributed by atoms with van der Waals surface area (Å²) in [6, 6.07) is 3.39. The predicted molar refractivity (Wildman–Crippen MR) is 47.0 cm³/mol. The lowest BCUT2D eigenvalue weighted by atomic mass is 10.2. The van der Waals surface area contributed by atoms with Gasteiger partial charge in [0.05, 0.1) is 5.88 Å². The third-order valence-electron chi connectivity index (χ3n) is 1.17. The molecule has 2 nitrogen and oxygen atoms in total. The van der Waals surface area contributed by atoms with Crippen molar-refractivity contribution in [1.29, 1.82) is 0 Å². The number of pyridine rings is 1. The summed E-state index contributed by atoms with van der Waals surface area (Å²) in [7, 11) is 0. The number of ketones is 1. The average Bonchev–Trinajstić information content (AvgIpc) is 2.05. The zero-order chi connectivity index (χ0) is 8.27. The maximum atomic E-state index is 10.9. The normalized spacial score (nSPS) is 9.64. The first kappa shape index (κ1) is 8.68. The van der Waals surface area contributed by atoms with Crippen LogP contribution in [0.25, 0.3) is 0 Å². The van der Waals surface area contributed by atoms with E-state index in [1.807, 2.05) is 0 Å². The highest BCUT2D eigenvalue weighted by Crippen LogP contribution is 2.07. The summed E-state index contributed by atoms with van der Waals surface area (Å²) in [5.74, 6) is -0.102. The zero-order valence-corrected chi connectivity index (χ0v) is 7.89. The number of Topliss-reactive ketones (excluding diaryl/α,β-unsaturated/α-hetero) is 1. The highest BCUT2D eigenvalue weighted by atomic mass is 79.9. The van der Waals surface area contributed by atoms with E-state index in [0.29, 0.717) is 10.2 Å². The Morgan fingerprint density at radius 2 is 2.36 bits per heavy atom. The van der Waals surface area contributed by atoms with Crippen molar-refractivity contribution < 1.29 is 4.79 Å². The summed E-state index contributed by atoms with van der Waals surface area (Å²) in [5.41, 5.74) is 0.545. The molecule has 58 valence electrons. The largest absolute Gasteiger partial charge is 0.293 e. The Hall–Kier alpha value is -0.410. The van der Waals surface area contributed by atoms with Gasteiger partial charge in [-0.15, -0.1) is 11.6 Å². The minimum atomic E-state index is -0.105. The Balaban J connectivity index is 2.90. The average molecular weight is 234 g/mol. The van der Waals surface area contributed by atoms with Crippen molar-refractivity contribution in [3.8, 4) is 0 Å². The molecule has 0 atom stereocenters. The van der Waals surface area contributed by atoms with Crippen LogP contribution in [0.2, 0.25) is 0 Å². The molecule has 0 aliphatic rings. The number of nitrogens with zero attached hydrogens (tertiary/aromatic N) is 1. The molecule has 0 bridgehead atoms.